The van der Waals surface area contributed by atoms with Crippen molar-refractivity contribution in [1.82, 2.24) is 19.9 Å². The first-order valence-corrected chi connectivity index (χ1v) is 5.48. The van der Waals surface area contributed by atoms with Crippen LogP contribution < -0.4 is 0 Å². The van der Waals surface area contributed by atoms with Crippen LogP contribution in [-0.2, 0) is 6.18 Å². The highest BCUT2D eigenvalue weighted by molar-refractivity contribution is 5.74. The average Bonchev–Trinajstić information content (AvgIpc) is 2.81. The molecule has 1 aromatic carbocycles. The predicted molar refractivity (Wildman–Crippen MR) is 62.1 cm³/mol. The van der Waals surface area contributed by atoms with Crippen molar-refractivity contribution in [1.29, 1.82) is 0 Å². The predicted octanol–water partition coefficient (Wildman–Crippen LogP) is 3.18. The van der Waals surface area contributed by atoms with Crippen LogP contribution in [-0.4, -0.2) is 19.9 Å². The molecular weight excluding hydrogens is 276 g/mol. The molecule has 0 aliphatic rings. The second kappa shape index (κ2) is 4.26. The highest BCUT2D eigenvalue weighted by Gasteiger charge is 2.34. The monoisotopic (exact) mass is 282 g/mol. The van der Waals surface area contributed by atoms with Crippen molar-refractivity contribution in [2.75, 3.05) is 0 Å². The Labute approximate surface area is 109 Å². The molecule has 0 radical (unpaired) electrons. The Morgan fingerprint density at radius 3 is 2.65 bits per heavy atom. The molecule has 0 saturated carbocycles. The van der Waals surface area contributed by atoms with Gasteiger partial charge in [-0.1, -0.05) is 0 Å². The molecule has 2 heterocycles. The normalized spacial score (nSPS) is 12.0. The molecule has 0 aliphatic carbocycles. The zero-order valence-corrected chi connectivity index (χ0v) is 9.74. The Kier molecular flexibility index (Phi) is 2.66. The van der Waals surface area contributed by atoms with E-state index in [2.05, 4.69) is 19.9 Å². The fraction of sp³-hybridized carbons (Fsp3) is 0.0833. The van der Waals surface area contributed by atoms with Crippen LogP contribution in [0.3, 0.4) is 0 Å². The summed E-state index contributed by atoms with van der Waals surface area (Å²) in [6, 6.07) is 2.69. The van der Waals surface area contributed by atoms with Gasteiger partial charge in [-0.25, -0.2) is 19.3 Å². The van der Waals surface area contributed by atoms with Crippen molar-refractivity contribution in [3.63, 3.8) is 0 Å². The van der Waals surface area contributed by atoms with Crippen LogP contribution in [0.2, 0.25) is 0 Å². The van der Waals surface area contributed by atoms with Crippen molar-refractivity contribution in [2.24, 2.45) is 0 Å². The van der Waals surface area contributed by atoms with Crippen molar-refractivity contribution in [3.8, 4) is 11.4 Å². The number of H-pyrrole nitrogens is 1. The quantitative estimate of drug-likeness (QED) is 0.697. The number of alkyl halides is 3. The van der Waals surface area contributed by atoms with E-state index in [-0.39, 0.29) is 11.4 Å². The largest absolute Gasteiger partial charge is 0.419 e. The maximum absolute atomic E-state index is 13.2. The summed E-state index contributed by atoms with van der Waals surface area (Å²) in [6.45, 7) is 0. The van der Waals surface area contributed by atoms with Gasteiger partial charge in [0.2, 0.25) is 0 Å². The first-order valence-electron chi connectivity index (χ1n) is 5.48. The minimum absolute atomic E-state index is 0.122. The van der Waals surface area contributed by atoms with E-state index in [0.717, 1.165) is 6.07 Å². The number of benzene rings is 1. The molecule has 102 valence electrons. The summed E-state index contributed by atoms with van der Waals surface area (Å²) >= 11 is 0. The molecule has 0 aliphatic heterocycles. The number of hydrogen-bond acceptors (Lipinski definition) is 3. The van der Waals surface area contributed by atoms with E-state index in [1.54, 1.807) is 0 Å². The summed E-state index contributed by atoms with van der Waals surface area (Å²) in [5, 5.41) is 0. The summed E-state index contributed by atoms with van der Waals surface area (Å²) < 4.78 is 51.2. The molecule has 3 rings (SSSR count). The molecule has 0 fully saturated rings. The van der Waals surface area contributed by atoms with Gasteiger partial charge in [0, 0.05) is 5.56 Å². The van der Waals surface area contributed by atoms with Gasteiger partial charge in [0.25, 0.3) is 0 Å². The lowest BCUT2D eigenvalue weighted by Gasteiger charge is -2.08. The second-order valence-electron chi connectivity index (χ2n) is 4.04. The number of nitrogens with zero attached hydrogens (tertiary/aromatic N) is 3. The van der Waals surface area contributed by atoms with Crippen LogP contribution >= 0.6 is 0 Å². The standard InChI is InChI=1S/C12H6F4N4/c13-8-2-1-6(3-7(8)12(14,15)16)10-19-9-4-17-5-18-11(9)20-10/h1-5H,(H,17,18,19,20). The lowest BCUT2D eigenvalue weighted by atomic mass is 10.1. The van der Waals surface area contributed by atoms with Gasteiger partial charge in [0.1, 0.15) is 23.5 Å². The number of nitrogens with one attached hydrogen (secondary N) is 1. The number of aromatic nitrogens is 4. The van der Waals surface area contributed by atoms with Gasteiger partial charge in [-0.05, 0) is 18.2 Å². The molecule has 0 amide bonds. The Morgan fingerprint density at radius 2 is 1.95 bits per heavy atom. The first-order chi connectivity index (χ1) is 9.45. The fourth-order valence-electron chi connectivity index (χ4n) is 1.79. The second-order valence-corrected chi connectivity index (χ2v) is 4.04. The van der Waals surface area contributed by atoms with Crippen LogP contribution in [0.4, 0.5) is 17.6 Å². The highest BCUT2D eigenvalue weighted by atomic mass is 19.4. The molecule has 3 aromatic rings. The number of aromatic amines is 1. The van der Waals surface area contributed by atoms with Crippen LogP contribution in [0.5, 0.6) is 0 Å². The molecular formula is C12H6F4N4. The topological polar surface area (TPSA) is 54.5 Å². The Morgan fingerprint density at radius 1 is 1.15 bits per heavy atom. The molecule has 1 N–H and O–H groups in total. The average molecular weight is 282 g/mol. The van der Waals surface area contributed by atoms with Crippen molar-refractivity contribution >= 4 is 11.2 Å². The molecule has 20 heavy (non-hydrogen) atoms. The summed E-state index contributed by atoms with van der Waals surface area (Å²) in [4.78, 5) is 14.5. The van der Waals surface area contributed by atoms with Gasteiger partial charge in [-0.15, -0.1) is 0 Å². The van der Waals surface area contributed by atoms with E-state index in [4.69, 9.17) is 0 Å². The first kappa shape index (κ1) is 12.5. The minimum atomic E-state index is -4.76. The van der Waals surface area contributed by atoms with Gasteiger partial charge in [-0.2, -0.15) is 13.2 Å². The highest BCUT2D eigenvalue weighted by Crippen LogP contribution is 2.33. The summed E-state index contributed by atoms with van der Waals surface area (Å²) in [6.07, 6.45) is -2.03. The van der Waals surface area contributed by atoms with E-state index in [0.29, 0.717) is 17.2 Å². The van der Waals surface area contributed by atoms with E-state index >= 15 is 0 Å². The third-order valence-electron chi connectivity index (χ3n) is 2.71. The maximum atomic E-state index is 13.2. The van der Waals surface area contributed by atoms with Gasteiger partial charge in [-0.3, -0.25) is 0 Å². The van der Waals surface area contributed by atoms with E-state index < -0.39 is 17.6 Å². The molecule has 0 atom stereocenters. The Balaban J connectivity index is 2.14. The van der Waals surface area contributed by atoms with Gasteiger partial charge >= 0.3 is 6.18 Å². The number of imidazole rings is 1. The zero-order chi connectivity index (χ0) is 14.3. The maximum Gasteiger partial charge on any atom is 0.419 e. The summed E-state index contributed by atoms with van der Waals surface area (Å²) in [7, 11) is 0. The summed E-state index contributed by atoms with van der Waals surface area (Å²) in [5.74, 6) is -1.15. The molecule has 8 heteroatoms. The smallest absolute Gasteiger partial charge is 0.335 e. The molecule has 0 spiro atoms. The van der Waals surface area contributed by atoms with Gasteiger partial charge in [0.05, 0.1) is 11.8 Å². The van der Waals surface area contributed by atoms with Crippen LogP contribution in [0.15, 0.2) is 30.7 Å². The molecule has 0 unspecified atom stereocenters. The van der Waals surface area contributed by atoms with Crippen LogP contribution in [0, 0.1) is 5.82 Å². The van der Waals surface area contributed by atoms with Gasteiger partial charge < -0.3 is 4.98 Å². The van der Waals surface area contributed by atoms with E-state index in [1.165, 1.54) is 18.6 Å². The SMILES string of the molecule is Fc1ccc(-c2nc3ncncc3[nH]2)cc1C(F)(F)F. The number of rotatable bonds is 1. The zero-order valence-electron chi connectivity index (χ0n) is 9.74. The molecule has 2 aromatic heterocycles. The van der Waals surface area contributed by atoms with Crippen LogP contribution in [0.1, 0.15) is 5.56 Å². The lowest BCUT2D eigenvalue weighted by Crippen LogP contribution is -2.08. The molecule has 0 bridgehead atoms. The Hall–Kier alpha value is -2.51. The van der Waals surface area contributed by atoms with Gasteiger partial charge in [0.15, 0.2) is 5.65 Å². The van der Waals surface area contributed by atoms with E-state index in [9.17, 15) is 17.6 Å². The Bertz CT molecular complexity index is 745. The number of fused-ring (bicyclic) bond motifs is 1. The molecule has 4 nitrogen and oxygen atoms in total. The fourth-order valence-corrected chi connectivity index (χ4v) is 1.79. The minimum Gasteiger partial charge on any atom is -0.335 e. The van der Waals surface area contributed by atoms with Crippen molar-refractivity contribution in [2.45, 2.75) is 6.18 Å². The summed E-state index contributed by atoms with van der Waals surface area (Å²) in [5.41, 5.74) is -0.397. The third-order valence-corrected chi connectivity index (χ3v) is 2.71. The van der Waals surface area contributed by atoms with Crippen LogP contribution in [0.25, 0.3) is 22.6 Å². The third kappa shape index (κ3) is 2.09. The molecule has 0 saturated heterocycles. The number of halogens is 4. The number of hydrogen-bond donors (Lipinski definition) is 1. The van der Waals surface area contributed by atoms with Crippen molar-refractivity contribution in [3.05, 3.63) is 42.1 Å². The van der Waals surface area contributed by atoms with Crippen molar-refractivity contribution < 1.29 is 17.6 Å². The van der Waals surface area contributed by atoms with E-state index in [1.807, 2.05) is 0 Å². The lowest BCUT2D eigenvalue weighted by molar-refractivity contribution is -0.139.